The van der Waals surface area contributed by atoms with E-state index in [-0.39, 0.29) is 11.7 Å². The lowest BCUT2D eigenvalue weighted by Gasteiger charge is -2.34. The van der Waals surface area contributed by atoms with Crippen LogP contribution in [0.1, 0.15) is 36.1 Å². The summed E-state index contributed by atoms with van der Waals surface area (Å²) in [5.41, 5.74) is 0.619. The Morgan fingerprint density at radius 3 is 2.92 bits per heavy atom. The summed E-state index contributed by atoms with van der Waals surface area (Å²) in [6.45, 7) is 4.86. The molecule has 0 radical (unpaired) electrons. The molecule has 1 amide bonds. The van der Waals surface area contributed by atoms with Gasteiger partial charge >= 0.3 is 0 Å². The fourth-order valence-electron chi connectivity index (χ4n) is 3.40. The molecule has 1 aliphatic heterocycles. The molecule has 1 saturated carbocycles. The zero-order valence-electron chi connectivity index (χ0n) is 14.9. The standard InChI is InChI=1S/C18H26N4O3/c1-13(23)16-11-20-17-12-21(6-7-22(16)17)18(24)4-3-5-19-10-14-8-15(9-14)25-2/h3-4,11,14-15,19H,5-10,12H2,1-2H3/b4-3+. The first-order valence-electron chi connectivity index (χ1n) is 8.82. The van der Waals surface area contributed by atoms with E-state index in [1.807, 2.05) is 10.6 Å². The van der Waals surface area contributed by atoms with E-state index < -0.39 is 0 Å². The molecule has 0 bridgehead atoms. The number of carbonyl (C=O) groups excluding carboxylic acids is 2. The van der Waals surface area contributed by atoms with Crippen LogP contribution >= 0.6 is 0 Å². The topological polar surface area (TPSA) is 76.5 Å². The number of aromatic nitrogens is 2. The number of hydrogen-bond acceptors (Lipinski definition) is 5. The molecule has 1 N–H and O–H groups in total. The van der Waals surface area contributed by atoms with Crippen molar-refractivity contribution in [3.8, 4) is 0 Å². The number of amides is 1. The third-order valence-corrected chi connectivity index (χ3v) is 5.02. The van der Waals surface area contributed by atoms with E-state index in [9.17, 15) is 9.59 Å². The normalized spacial score (nSPS) is 22.7. The number of methoxy groups -OCH3 is 1. The Bertz CT molecular complexity index is 661. The summed E-state index contributed by atoms with van der Waals surface area (Å²) in [5, 5.41) is 3.35. The Hall–Kier alpha value is -1.99. The summed E-state index contributed by atoms with van der Waals surface area (Å²) in [4.78, 5) is 29.9. The van der Waals surface area contributed by atoms with Crippen LogP contribution in [0.15, 0.2) is 18.3 Å². The van der Waals surface area contributed by atoms with Crippen molar-refractivity contribution in [3.63, 3.8) is 0 Å². The van der Waals surface area contributed by atoms with Crippen molar-refractivity contribution in [2.24, 2.45) is 5.92 Å². The molecule has 7 nitrogen and oxygen atoms in total. The van der Waals surface area contributed by atoms with Crippen molar-refractivity contribution in [1.29, 1.82) is 0 Å². The van der Waals surface area contributed by atoms with Crippen LogP contribution in [-0.4, -0.2) is 59.0 Å². The van der Waals surface area contributed by atoms with Crippen LogP contribution in [0.3, 0.4) is 0 Å². The smallest absolute Gasteiger partial charge is 0.246 e. The van der Waals surface area contributed by atoms with Crippen LogP contribution in [0, 0.1) is 5.92 Å². The first kappa shape index (κ1) is 17.8. The molecular formula is C18H26N4O3. The second-order valence-corrected chi connectivity index (χ2v) is 6.78. The molecule has 0 spiro atoms. The third-order valence-electron chi connectivity index (χ3n) is 5.02. The number of carbonyl (C=O) groups is 2. The molecule has 2 heterocycles. The van der Waals surface area contributed by atoms with E-state index in [2.05, 4.69) is 10.3 Å². The maximum Gasteiger partial charge on any atom is 0.246 e. The highest BCUT2D eigenvalue weighted by atomic mass is 16.5. The Kier molecular flexibility index (Phi) is 5.65. The van der Waals surface area contributed by atoms with E-state index in [1.165, 1.54) is 6.92 Å². The fraction of sp³-hybridized carbons (Fsp3) is 0.611. The molecule has 2 aliphatic rings. The molecular weight excluding hydrogens is 320 g/mol. The van der Waals surface area contributed by atoms with Crippen LogP contribution in [0.2, 0.25) is 0 Å². The zero-order chi connectivity index (χ0) is 17.8. The van der Waals surface area contributed by atoms with Gasteiger partial charge in [0.25, 0.3) is 0 Å². The molecule has 136 valence electrons. The van der Waals surface area contributed by atoms with Crippen LogP contribution in [0.5, 0.6) is 0 Å². The highest BCUT2D eigenvalue weighted by Crippen LogP contribution is 2.28. The van der Waals surface area contributed by atoms with E-state index in [0.29, 0.717) is 43.9 Å². The number of ether oxygens (including phenoxy) is 1. The third kappa shape index (κ3) is 4.16. The molecule has 7 heteroatoms. The predicted octanol–water partition coefficient (Wildman–Crippen LogP) is 0.999. The fourth-order valence-corrected chi connectivity index (χ4v) is 3.40. The van der Waals surface area contributed by atoms with Crippen molar-refractivity contribution in [1.82, 2.24) is 19.8 Å². The number of ketones is 1. The molecule has 25 heavy (non-hydrogen) atoms. The zero-order valence-corrected chi connectivity index (χ0v) is 14.9. The van der Waals surface area contributed by atoms with Crippen molar-refractivity contribution in [3.05, 3.63) is 29.9 Å². The van der Waals surface area contributed by atoms with Crippen molar-refractivity contribution in [2.45, 2.75) is 39.0 Å². The molecule has 1 fully saturated rings. The van der Waals surface area contributed by atoms with Crippen molar-refractivity contribution >= 4 is 11.7 Å². The lowest BCUT2D eigenvalue weighted by Crippen LogP contribution is -2.38. The molecule has 0 atom stereocenters. The van der Waals surface area contributed by atoms with Gasteiger partial charge in [-0.05, 0) is 25.3 Å². The minimum Gasteiger partial charge on any atom is -0.381 e. The van der Waals surface area contributed by atoms with E-state index >= 15 is 0 Å². The lowest BCUT2D eigenvalue weighted by atomic mass is 9.82. The van der Waals surface area contributed by atoms with Crippen molar-refractivity contribution < 1.29 is 14.3 Å². The van der Waals surface area contributed by atoms with Gasteiger partial charge in [-0.1, -0.05) is 6.08 Å². The first-order chi connectivity index (χ1) is 12.1. The summed E-state index contributed by atoms with van der Waals surface area (Å²) < 4.78 is 7.17. The average Bonchev–Trinajstić information content (AvgIpc) is 2.99. The van der Waals surface area contributed by atoms with Crippen LogP contribution in [0.4, 0.5) is 0 Å². The van der Waals surface area contributed by atoms with Crippen LogP contribution in [-0.2, 0) is 22.6 Å². The molecule has 1 aromatic heterocycles. The van der Waals surface area contributed by atoms with Crippen LogP contribution < -0.4 is 5.32 Å². The lowest BCUT2D eigenvalue weighted by molar-refractivity contribution is -0.127. The minimum atomic E-state index is -0.0106. The van der Waals surface area contributed by atoms with Crippen molar-refractivity contribution in [2.75, 3.05) is 26.7 Å². The highest BCUT2D eigenvalue weighted by Gasteiger charge is 2.28. The second kappa shape index (κ2) is 7.93. The summed E-state index contributed by atoms with van der Waals surface area (Å²) in [5.74, 6) is 1.45. The SMILES string of the molecule is COC1CC(CNC/C=C/C(=O)N2CCn3c(C(C)=O)cnc3C2)C1. The molecule has 3 rings (SSSR count). The number of nitrogens with one attached hydrogen (secondary N) is 1. The number of hydrogen-bond donors (Lipinski definition) is 1. The van der Waals surface area contributed by atoms with Crippen LogP contribution in [0.25, 0.3) is 0 Å². The molecule has 1 aliphatic carbocycles. The Balaban J connectivity index is 1.40. The van der Waals surface area contributed by atoms with Gasteiger partial charge in [0.2, 0.25) is 5.91 Å². The van der Waals surface area contributed by atoms with Gasteiger partial charge in [0, 0.05) is 39.7 Å². The summed E-state index contributed by atoms with van der Waals surface area (Å²) in [6, 6.07) is 0. The summed E-state index contributed by atoms with van der Waals surface area (Å²) in [7, 11) is 1.76. The molecule has 0 aromatic carbocycles. The number of Topliss-reactive ketones (excluding diaryl/α,β-unsaturated/α-hetero) is 1. The minimum absolute atomic E-state index is 0.00720. The van der Waals surface area contributed by atoms with E-state index in [1.54, 1.807) is 24.3 Å². The Morgan fingerprint density at radius 1 is 1.40 bits per heavy atom. The van der Waals surface area contributed by atoms with Gasteiger partial charge in [-0.2, -0.15) is 0 Å². The van der Waals surface area contributed by atoms with Gasteiger partial charge < -0.3 is 19.5 Å². The predicted molar refractivity (Wildman–Crippen MR) is 93.2 cm³/mol. The molecule has 0 saturated heterocycles. The summed E-state index contributed by atoms with van der Waals surface area (Å²) >= 11 is 0. The van der Waals surface area contributed by atoms with Gasteiger partial charge in [-0.15, -0.1) is 0 Å². The quantitative estimate of drug-likeness (QED) is 0.453. The molecule has 1 aromatic rings. The second-order valence-electron chi connectivity index (χ2n) is 6.78. The van der Waals surface area contributed by atoms with E-state index in [4.69, 9.17) is 4.74 Å². The number of fused-ring (bicyclic) bond motifs is 1. The highest BCUT2D eigenvalue weighted by molar-refractivity contribution is 5.92. The van der Waals surface area contributed by atoms with Gasteiger partial charge in [0.15, 0.2) is 5.78 Å². The van der Waals surface area contributed by atoms with E-state index in [0.717, 1.165) is 25.2 Å². The number of nitrogens with zero attached hydrogens (tertiary/aromatic N) is 3. The number of rotatable bonds is 7. The average molecular weight is 346 g/mol. The monoisotopic (exact) mass is 346 g/mol. The van der Waals surface area contributed by atoms with Gasteiger partial charge in [0.1, 0.15) is 11.5 Å². The maximum absolute atomic E-state index is 12.3. The van der Waals surface area contributed by atoms with Gasteiger partial charge in [0.05, 0.1) is 18.8 Å². The Labute approximate surface area is 148 Å². The Morgan fingerprint density at radius 2 is 2.20 bits per heavy atom. The largest absolute Gasteiger partial charge is 0.381 e. The maximum atomic E-state index is 12.3. The first-order valence-corrected chi connectivity index (χ1v) is 8.82. The molecule has 0 unspecified atom stereocenters. The number of imidazole rings is 1. The van der Waals surface area contributed by atoms with Gasteiger partial charge in [-0.25, -0.2) is 4.98 Å². The van der Waals surface area contributed by atoms with Gasteiger partial charge in [-0.3, -0.25) is 9.59 Å². The summed E-state index contributed by atoms with van der Waals surface area (Å²) in [6.07, 6.45) is 7.76.